The summed E-state index contributed by atoms with van der Waals surface area (Å²) in [6.45, 7) is 1.02. The summed E-state index contributed by atoms with van der Waals surface area (Å²) in [4.78, 5) is 10.0. The first-order valence-corrected chi connectivity index (χ1v) is 7.59. The lowest BCUT2D eigenvalue weighted by molar-refractivity contribution is 0.318. The first-order chi connectivity index (χ1) is 9.02. The number of hydrogen-bond donors (Lipinski definition) is 2. The Balaban J connectivity index is 2.14. The smallest absolute Gasteiger partial charge is 0.190 e. The van der Waals surface area contributed by atoms with Crippen molar-refractivity contribution >= 4 is 21.5 Å². The number of oxime groups is 1. The molecule has 0 amide bonds. The van der Waals surface area contributed by atoms with E-state index in [9.17, 15) is 8.42 Å². The molecule has 104 valence electrons. The molecule has 1 aliphatic rings. The van der Waals surface area contributed by atoms with Crippen molar-refractivity contribution in [1.29, 1.82) is 0 Å². The van der Waals surface area contributed by atoms with Crippen LogP contribution in [0.3, 0.4) is 0 Å². The van der Waals surface area contributed by atoms with Gasteiger partial charge in [0.05, 0.1) is 23.9 Å². The summed E-state index contributed by atoms with van der Waals surface area (Å²) in [7, 11) is -2.95. The second-order valence-corrected chi connectivity index (χ2v) is 6.54. The minimum atomic E-state index is -2.95. The molecule has 0 unspecified atom stereocenters. The lowest BCUT2D eigenvalue weighted by atomic mass is 10.4. The van der Waals surface area contributed by atoms with Gasteiger partial charge in [-0.25, -0.2) is 18.4 Å². The van der Waals surface area contributed by atoms with E-state index in [2.05, 4.69) is 15.1 Å². The number of hydrogen-bond acceptors (Lipinski definition) is 7. The Kier molecular flexibility index (Phi) is 3.84. The molecule has 1 aromatic heterocycles. The van der Waals surface area contributed by atoms with Crippen molar-refractivity contribution in [1.82, 2.24) is 9.97 Å². The summed E-state index contributed by atoms with van der Waals surface area (Å²) in [5, 5.41) is 11.4. The van der Waals surface area contributed by atoms with Gasteiger partial charge < -0.3 is 15.8 Å². The van der Waals surface area contributed by atoms with Gasteiger partial charge in [-0.05, 0) is 6.42 Å². The van der Waals surface area contributed by atoms with Gasteiger partial charge in [-0.15, -0.1) is 0 Å². The van der Waals surface area contributed by atoms with E-state index >= 15 is 0 Å². The predicted octanol–water partition coefficient (Wildman–Crippen LogP) is -0.804. The van der Waals surface area contributed by atoms with Gasteiger partial charge >= 0.3 is 0 Å². The monoisotopic (exact) mass is 285 g/mol. The maximum Gasteiger partial charge on any atom is 0.190 e. The molecule has 0 aliphatic carbocycles. The zero-order valence-corrected chi connectivity index (χ0v) is 11.0. The number of rotatable bonds is 2. The quantitative estimate of drug-likeness (QED) is 0.315. The first kappa shape index (κ1) is 13.5. The second-order valence-electron chi connectivity index (χ2n) is 4.24. The molecule has 0 aromatic carbocycles. The maximum absolute atomic E-state index is 11.5. The second kappa shape index (κ2) is 5.39. The standard InChI is InChI=1S/C10H15N5O3S/c11-10(14-16)8-6-13-9(7-12-8)15-2-1-4-19(17,18)5-3-15/h6-7,16H,1-5H2,(H2,11,14). The molecule has 1 fully saturated rings. The van der Waals surface area contributed by atoms with Crippen molar-refractivity contribution in [2.45, 2.75) is 6.42 Å². The first-order valence-electron chi connectivity index (χ1n) is 5.77. The number of nitrogens with zero attached hydrogens (tertiary/aromatic N) is 4. The summed E-state index contributed by atoms with van der Waals surface area (Å²) in [6, 6.07) is 0. The van der Waals surface area contributed by atoms with Gasteiger partial charge in [0.15, 0.2) is 15.7 Å². The Morgan fingerprint density at radius 3 is 2.74 bits per heavy atom. The van der Waals surface area contributed by atoms with E-state index < -0.39 is 9.84 Å². The summed E-state index contributed by atoms with van der Waals surface area (Å²) in [6.07, 6.45) is 3.46. The van der Waals surface area contributed by atoms with Crippen LogP contribution in [0.1, 0.15) is 12.1 Å². The van der Waals surface area contributed by atoms with Gasteiger partial charge in [0.1, 0.15) is 11.5 Å². The van der Waals surface area contributed by atoms with E-state index in [0.717, 1.165) is 0 Å². The van der Waals surface area contributed by atoms with Gasteiger partial charge in [0.2, 0.25) is 0 Å². The van der Waals surface area contributed by atoms with Gasteiger partial charge in [0.25, 0.3) is 0 Å². The molecule has 1 saturated heterocycles. The SMILES string of the molecule is NC(=NO)c1cnc(N2CCCS(=O)(=O)CC2)cn1. The van der Waals surface area contributed by atoms with E-state index in [1.165, 1.54) is 12.4 Å². The Hall–Kier alpha value is -1.90. The molecule has 0 atom stereocenters. The minimum Gasteiger partial charge on any atom is -0.409 e. The molecule has 2 heterocycles. The van der Waals surface area contributed by atoms with Gasteiger partial charge in [-0.2, -0.15) is 0 Å². The summed E-state index contributed by atoms with van der Waals surface area (Å²) in [5.74, 6) is 0.805. The Morgan fingerprint density at radius 1 is 1.32 bits per heavy atom. The van der Waals surface area contributed by atoms with Crippen molar-refractivity contribution < 1.29 is 13.6 Å². The third kappa shape index (κ3) is 3.31. The van der Waals surface area contributed by atoms with E-state index in [1.54, 1.807) is 0 Å². The van der Waals surface area contributed by atoms with Crippen LogP contribution in [0.2, 0.25) is 0 Å². The Bertz CT molecular complexity index is 569. The van der Waals surface area contributed by atoms with Crippen molar-refractivity contribution in [3.8, 4) is 0 Å². The lowest BCUT2D eigenvalue weighted by Crippen LogP contribution is -2.28. The van der Waals surface area contributed by atoms with Gasteiger partial charge in [0, 0.05) is 13.1 Å². The van der Waals surface area contributed by atoms with Crippen LogP contribution in [0.5, 0.6) is 0 Å². The van der Waals surface area contributed by atoms with E-state index in [-0.39, 0.29) is 23.0 Å². The third-order valence-corrected chi connectivity index (χ3v) is 4.60. The molecular weight excluding hydrogens is 270 g/mol. The highest BCUT2D eigenvalue weighted by atomic mass is 32.2. The van der Waals surface area contributed by atoms with Crippen LogP contribution < -0.4 is 10.6 Å². The molecule has 8 nitrogen and oxygen atoms in total. The van der Waals surface area contributed by atoms with Crippen LogP contribution in [0.15, 0.2) is 17.5 Å². The fourth-order valence-corrected chi connectivity index (χ4v) is 3.11. The van der Waals surface area contributed by atoms with Crippen molar-refractivity contribution in [3.63, 3.8) is 0 Å². The lowest BCUT2D eigenvalue weighted by Gasteiger charge is -2.20. The van der Waals surface area contributed by atoms with Crippen LogP contribution in [0, 0.1) is 0 Å². The number of anilines is 1. The zero-order chi connectivity index (χ0) is 13.9. The van der Waals surface area contributed by atoms with Gasteiger partial charge in [-0.3, -0.25) is 0 Å². The van der Waals surface area contributed by atoms with Crippen LogP contribution in [-0.2, 0) is 9.84 Å². The average molecular weight is 285 g/mol. The number of amidine groups is 1. The number of aromatic nitrogens is 2. The minimum absolute atomic E-state index is 0.113. The Labute approximate surface area is 110 Å². The fourth-order valence-electron chi connectivity index (χ4n) is 1.84. The van der Waals surface area contributed by atoms with Crippen molar-refractivity contribution in [2.24, 2.45) is 10.9 Å². The van der Waals surface area contributed by atoms with E-state index in [4.69, 9.17) is 10.9 Å². The number of sulfone groups is 1. The molecule has 0 bridgehead atoms. The Morgan fingerprint density at radius 2 is 2.11 bits per heavy atom. The molecule has 2 rings (SSSR count). The molecule has 0 radical (unpaired) electrons. The largest absolute Gasteiger partial charge is 0.409 e. The number of nitrogens with two attached hydrogens (primary N) is 1. The van der Waals surface area contributed by atoms with Crippen LogP contribution in [-0.4, -0.2) is 54.0 Å². The van der Waals surface area contributed by atoms with Crippen LogP contribution in [0.25, 0.3) is 0 Å². The van der Waals surface area contributed by atoms with E-state index in [0.29, 0.717) is 25.3 Å². The summed E-state index contributed by atoms with van der Waals surface area (Å²) in [5.41, 5.74) is 5.66. The highest BCUT2D eigenvalue weighted by Crippen LogP contribution is 2.13. The highest BCUT2D eigenvalue weighted by Gasteiger charge is 2.20. The molecular formula is C10H15N5O3S. The molecule has 0 spiro atoms. The fraction of sp³-hybridized carbons (Fsp3) is 0.500. The highest BCUT2D eigenvalue weighted by molar-refractivity contribution is 7.91. The normalized spacial score (nSPS) is 20.0. The zero-order valence-electron chi connectivity index (χ0n) is 10.2. The molecule has 1 aliphatic heterocycles. The average Bonchev–Trinajstić information content (AvgIpc) is 2.59. The van der Waals surface area contributed by atoms with E-state index in [1.807, 2.05) is 4.90 Å². The topological polar surface area (TPSA) is 122 Å². The predicted molar refractivity (Wildman–Crippen MR) is 70.0 cm³/mol. The van der Waals surface area contributed by atoms with Crippen LogP contribution in [0.4, 0.5) is 5.82 Å². The van der Waals surface area contributed by atoms with Crippen molar-refractivity contribution in [2.75, 3.05) is 29.5 Å². The molecule has 9 heteroatoms. The molecule has 19 heavy (non-hydrogen) atoms. The molecule has 1 aromatic rings. The summed E-state index contributed by atoms with van der Waals surface area (Å²) >= 11 is 0. The summed E-state index contributed by atoms with van der Waals surface area (Å²) < 4.78 is 23.0. The van der Waals surface area contributed by atoms with Crippen LogP contribution >= 0.6 is 0 Å². The maximum atomic E-state index is 11.5. The molecule has 0 saturated carbocycles. The third-order valence-electron chi connectivity index (χ3n) is 2.89. The van der Waals surface area contributed by atoms with Gasteiger partial charge in [-0.1, -0.05) is 5.16 Å². The molecule has 3 N–H and O–H groups in total. The van der Waals surface area contributed by atoms with Crippen molar-refractivity contribution in [3.05, 3.63) is 18.1 Å².